The van der Waals surface area contributed by atoms with E-state index in [0.29, 0.717) is 6.92 Å². The molecule has 1 heterocycles. The topological polar surface area (TPSA) is 25.8 Å². The Morgan fingerprint density at radius 2 is 1.94 bits per heavy atom. The van der Waals surface area contributed by atoms with Crippen molar-refractivity contribution < 1.29 is 13.2 Å². The average molecular weight is 273 g/mol. The van der Waals surface area contributed by atoms with Crippen LogP contribution in [0.4, 0.5) is 13.2 Å². The van der Waals surface area contributed by atoms with Gasteiger partial charge in [0.15, 0.2) is 5.82 Å². The van der Waals surface area contributed by atoms with E-state index in [1.807, 2.05) is 0 Å². The van der Waals surface area contributed by atoms with Gasteiger partial charge in [0, 0.05) is 24.2 Å². The van der Waals surface area contributed by atoms with Crippen LogP contribution in [-0.4, -0.2) is 9.97 Å². The van der Waals surface area contributed by atoms with E-state index in [0.717, 1.165) is 18.5 Å². The van der Waals surface area contributed by atoms with E-state index in [4.69, 9.17) is 11.6 Å². The molecule has 2 rings (SSSR count). The number of halogens is 4. The van der Waals surface area contributed by atoms with Crippen molar-refractivity contribution in [2.45, 2.75) is 12.8 Å². The van der Waals surface area contributed by atoms with Gasteiger partial charge >= 0.3 is 0 Å². The van der Waals surface area contributed by atoms with Crippen molar-refractivity contribution in [3.8, 4) is 11.3 Å². The molecule has 0 N–H and O–H groups in total. The second-order valence-electron chi connectivity index (χ2n) is 3.77. The Balaban J connectivity index is 2.75. The SMILES string of the molecule is CC(F)(F)c1ccc(Cl)c(F)c1-c1ccncn1. The smallest absolute Gasteiger partial charge is 0.245 e. The van der Waals surface area contributed by atoms with Crippen molar-refractivity contribution in [2.75, 3.05) is 0 Å². The summed E-state index contributed by atoms with van der Waals surface area (Å²) in [7, 11) is 0. The second kappa shape index (κ2) is 4.57. The highest BCUT2D eigenvalue weighted by Crippen LogP contribution is 2.38. The van der Waals surface area contributed by atoms with E-state index in [9.17, 15) is 13.2 Å². The monoisotopic (exact) mass is 272 g/mol. The van der Waals surface area contributed by atoms with Gasteiger partial charge in [0.25, 0.3) is 5.92 Å². The highest BCUT2D eigenvalue weighted by Gasteiger charge is 2.31. The molecule has 0 unspecified atom stereocenters. The minimum absolute atomic E-state index is 0.0709. The van der Waals surface area contributed by atoms with Crippen LogP contribution in [0.15, 0.2) is 30.7 Å². The van der Waals surface area contributed by atoms with Crippen LogP contribution in [-0.2, 0) is 5.92 Å². The molecule has 0 radical (unpaired) electrons. The summed E-state index contributed by atoms with van der Waals surface area (Å²) in [5, 5.41) is -0.225. The Kier molecular flexibility index (Phi) is 3.26. The van der Waals surface area contributed by atoms with Crippen LogP contribution in [0.25, 0.3) is 11.3 Å². The van der Waals surface area contributed by atoms with Crippen LogP contribution in [0, 0.1) is 5.82 Å². The van der Waals surface area contributed by atoms with Gasteiger partial charge in [-0.3, -0.25) is 0 Å². The number of aromatic nitrogens is 2. The molecule has 94 valence electrons. The lowest BCUT2D eigenvalue weighted by Gasteiger charge is -2.16. The molecular formula is C12H8ClF3N2. The van der Waals surface area contributed by atoms with Crippen LogP contribution in [0.2, 0.25) is 5.02 Å². The van der Waals surface area contributed by atoms with Crippen LogP contribution < -0.4 is 0 Å². The lowest BCUT2D eigenvalue weighted by Crippen LogP contribution is -2.11. The van der Waals surface area contributed by atoms with Crippen molar-refractivity contribution in [1.82, 2.24) is 9.97 Å². The largest absolute Gasteiger partial charge is 0.271 e. The molecule has 0 spiro atoms. The molecule has 6 heteroatoms. The first kappa shape index (κ1) is 12.8. The van der Waals surface area contributed by atoms with Gasteiger partial charge in [-0.15, -0.1) is 0 Å². The first-order valence-electron chi connectivity index (χ1n) is 5.04. The minimum atomic E-state index is -3.19. The lowest BCUT2D eigenvalue weighted by atomic mass is 9.99. The summed E-state index contributed by atoms with van der Waals surface area (Å²) in [6.45, 7) is 0.695. The predicted octanol–water partition coefficient (Wildman–Crippen LogP) is 4.05. The number of hydrogen-bond donors (Lipinski definition) is 0. The van der Waals surface area contributed by atoms with Crippen molar-refractivity contribution in [2.24, 2.45) is 0 Å². The molecule has 0 saturated carbocycles. The quantitative estimate of drug-likeness (QED) is 0.824. The van der Waals surface area contributed by atoms with Crippen LogP contribution in [0.1, 0.15) is 12.5 Å². The molecule has 2 aromatic rings. The Hall–Kier alpha value is -1.62. The van der Waals surface area contributed by atoms with Gasteiger partial charge in [-0.05, 0) is 12.1 Å². The van der Waals surface area contributed by atoms with Crippen molar-refractivity contribution >= 4 is 11.6 Å². The van der Waals surface area contributed by atoms with Gasteiger partial charge in [-0.1, -0.05) is 17.7 Å². The fraction of sp³-hybridized carbons (Fsp3) is 0.167. The molecule has 0 saturated heterocycles. The van der Waals surface area contributed by atoms with Crippen LogP contribution in [0.3, 0.4) is 0 Å². The number of benzene rings is 1. The first-order valence-corrected chi connectivity index (χ1v) is 5.41. The van der Waals surface area contributed by atoms with E-state index in [1.54, 1.807) is 0 Å². The molecule has 0 aliphatic heterocycles. The summed E-state index contributed by atoms with van der Waals surface area (Å²) >= 11 is 5.62. The third kappa shape index (κ3) is 2.31. The number of alkyl halides is 2. The number of nitrogens with zero attached hydrogens (tertiary/aromatic N) is 2. The van der Waals surface area contributed by atoms with E-state index < -0.39 is 17.3 Å². The molecule has 1 aromatic carbocycles. The second-order valence-corrected chi connectivity index (χ2v) is 4.17. The maximum absolute atomic E-state index is 14.0. The summed E-state index contributed by atoms with van der Waals surface area (Å²) in [5.41, 5.74) is -0.679. The predicted molar refractivity (Wildman–Crippen MR) is 62.0 cm³/mol. The molecule has 0 atom stereocenters. The van der Waals surface area contributed by atoms with Gasteiger partial charge < -0.3 is 0 Å². The number of hydrogen-bond acceptors (Lipinski definition) is 2. The Morgan fingerprint density at radius 1 is 1.22 bits per heavy atom. The van der Waals surface area contributed by atoms with Crippen molar-refractivity contribution in [1.29, 1.82) is 0 Å². The highest BCUT2D eigenvalue weighted by atomic mass is 35.5. The minimum Gasteiger partial charge on any atom is -0.245 e. The molecule has 2 nitrogen and oxygen atoms in total. The third-order valence-corrected chi connectivity index (χ3v) is 2.70. The van der Waals surface area contributed by atoms with Crippen molar-refractivity contribution in [3.63, 3.8) is 0 Å². The Bertz CT molecular complexity index is 568. The lowest BCUT2D eigenvalue weighted by molar-refractivity contribution is 0.0178. The number of rotatable bonds is 2. The third-order valence-electron chi connectivity index (χ3n) is 2.41. The molecular weight excluding hydrogens is 265 g/mol. The van der Waals surface area contributed by atoms with Crippen LogP contribution >= 0.6 is 11.6 Å². The van der Waals surface area contributed by atoms with Gasteiger partial charge in [-0.25, -0.2) is 23.1 Å². The molecule has 1 aromatic heterocycles. The van der Waals surface area contributed by atoms with Gasteiger partial charge in [0.05, 0.1) is 10.7 Å². The average Bonchev–Trinajstić information content (AvgIpc) is 2.32. The fourth-order valence-corrected chi connectivity index (χ4v) is 1.76. The molecule has 0 aliphatic rings. The summed E-state index contributed by atoms with van der Waals surface area (Å²) < 4.78 is 40.9. The van der Waals surface area contributed by atoms with Gasteiger partial charge in [0.1, 0.15) is 6.33 Å². The molecule has 0 aliphatic carbocycles. The molecule has 0 amide bonds. The van der Waals surface area contributed by atoms with E-state index in [-0.39, 0.29) is 16.3 Å². The van der Waals surface area contributed by atoms with Crippen LogP contribution in [0.5, 0.6) is 0 Å². The summed E-state index contributed by atoms with van der Waals surface area (Å²) in [6, 6.07) is 3.56. The zero-order valence-corrected chi connectivity index (χ0v) is 10.0. The standard InChI is InChI=1S/C12H8ClF3N2/c1-12(15,16)7-2-3-8(13)11(14)10(7)9-4-5-17-6-18-9/h2-6H,1H3. The Morgan fingerprint density at radius 3 is 2.50 bits per heavy atom. The van der Waals surface area contributed by atoms with E-state index in [2.05, 4.69) is 9.97 Å². The molecule has 0 bridgehead atoms. The molecule has 18 heavy (non-hydrogen) atoms. The van der Waals surface area contributed by atoms with E-state index in [1.165, 1.54) is 12.3 Å². The maximum Gasteiger partial charge on any atom is 0.271 e. The zero-order chi connectivity index (χ0) is 13.3. The van der Waals surface area contributed by atoms with Crippen molar-refractivity contribution in [3.05, 3.63) is 47.1 Å². The maximum atomic E-state index is 14.0. The summed E-state index contributed by atoms with van der Waals surface area (Å²) in [4.78, 5) is 7.44. The normalized spacial score (nSPS) is 11.6. The summed E-state index contributed by atoms with van der Waals surface area (Å²) in [5.74, 6) is -4.10. The first-order chi connectivity index (χ1) is 8.41. The highest BCUT2D eigenvalue weighted by molar-refractivity contribution is 6.31. The molecule has 0 fully saturated rings. The van der Waals surface area contributed by atoms with Gasteiger partial charge in [0.2, 0.25) is 0 Å². The zero-order valence-electron chi connectivity index (χ0n) is 9.29. The summed E-state index contributed by atoms with van der Waals surface area (Å²) in [6.07, 6.45) is 2.51. The van der Waals surface area contributed by atoms with Gasteiger partial charge in [-0.2, -0.15) is 0 Å². The van der Waals surface area contributed by atoms with E-state index >= 15 is 0 Å². The Labute approximate surface area is 106 Å². The fourth-order valence-electron chi connectivity index (χ4n) is 1.61.